The van der Waals surface area contributed by atoms with Crippen LogP contribution in [0.15, 0.2) is 51.4 Å². The molecule has 1 atom stereocenters. The van der Waals surface area contributed by atoms with Gasteiger partial charge in [0.15, 0.2) is 0 Å². The topological polar surface area (TPSA) is 99.8 Å². The van der Waals surface area contributed by atoms with Crippen molar-refractivity contribution >= 4 is 18.2 Å². The number of amides is 3. The van der Waals surface area contributed by atoms with Crippen molar-refractivity contribution in [3.8, 4) is 0 Å². The summed E-state index contributed by atoms with van der Waals surface area (Å²) in [4.78, 5) is 25.9. The molecule has 0 fully saturated rings. The molecule has 0 aromatic rings. The molecule has 4 aliphatic rings. The Morgan fingerprint density at radius 3 is 2.96 bits per heavy atom. The Kier molecular flexibility index (Phi) is 3.16. The van der Waals surface area contributed by atoms with Crippen molar-refractivity contribution in [1.29, 1.82) is 0 Å². The predicted octanol–water partition coefficient (Wildman–Crippen LogP) is 0.500. The lowest BCUT2D eigenvalue weighted by atomic mass is 9.85. The number of urea groups is 1. The Bertz CT molecular complexity index is 756. The van der Waals surface area contributed by atoms with Crippen LogP contribution in [0, 0.1) is 5.92 Å². The van der Waals surface area contributed by atoms with Crippen LogP contribution in [-0.2, 0) is 4.79 Å². The van der Waals surface area contributed by atoms with Gasteiger partial charge in [0.2, 0.25) is 0 Å². The van der Waals surface area contributed by atoms with E-state index in [1.165, 1.54) is 0 Å². The first-order valence-corrected chi connectivity index (χ1v) is 7.66. The van der Waals surface area contributed by atoms with E-state index in [2.05, 4.69) is 21.9 Å². The second-order valence-electron chi connectivity index (χ2n) is 5.82. The van der Waals surface area contributed by atoms with E-state index in [9.17, 15) is 9.59 Å². The highest BCUT2D eigenvalue weighted by Crippen LogP contribution is 2.46. The summed E-state index contributed by atoms with van der Waals surface area (Å²) in [5.41, 5.74) is 12.3. The minimum Gasteiger partial charge on any atom is -0.351 e. The summed E-state index contributed by atoms with van der Waals surface area (Å²) in [6, 6.07) is -0.527. The van der Waals surface area contributed by atoms with Gasteiger partial charge in [-0.2, -0.15) is 5.10 Å². The number of rotatable bonds is 1. The van der Waals surface area contributed by atoms with Crippen molar-refractivity contribution in [3.63, 3.8) is 0 Å². The highest BCUT2D eigenvalue weighted by Gasteiger charge is 2.44. The quantitative estimate of drug-likeness (QED) is 0.657. The minimum atomic E-state index is -0.527. The standard InChI is InChI=1S/C16H17N5O2/c17-16(23)21-12-3-1-2-10-13(12)11(8-19-20-15(10)22)14(21)9-4-6-18-7-5-9/h2-4,8,13,18H,1,5-7H2,(H2,17,23)(H,20,22). The molecule has 118 valence electrons. The number of nitrogens with two attached hydrogens (primary N) is 1. The molecular formula is C16H17N5O2. The van der Waals surface area contributed by atoms with E-state index in [4.69, 9.17) is 5.73 Å². The number of hydrazone groups is 1. The predicted molar refractivity (Wildman–Crippen MR) is 84.9 cm³/mol. The molecule has 0 aromatic carbocycles. The summed E-state index contributed by atoms with van der Waals surface area (Å²) in [6.45, 7) is 1.59. The summed E-state index contributed by atoms with van der Waals surface area (Å²) >= 11 is 0. The van der Waals surface area contributed by atoms with Crippen LogP contribution in [0.1, 0.15) is 12.8 Å². The molecule has 4 rings (SSSR count). The lowest BCUT2D eigenvalue weighted by molar-refractivity contribution is -0.117. The van der Waals surface area contributed by atoms with E-state index in [0.29, 0.717) is 12.0 Å². The molecule has 0 saturated heterocycles. The number of hydrogen-bond donors (Lipinski definition) is 3. The number of carbonyl (C=O) groups is 2. The third-order valence-electron chi connectivity index (χ3n) is 4.56. The molecule has 23 heavy (non-hydrogen) atoms. The van der Waals surface area contributed by atoms with E-state index in [1.54, 1.807) is 11.1 Å². The fourth-order valence-electron chi connectivity index (χ4n) is 3.63. The minimum absolute atomic E-state index is 0.225. The summed E-state index contributed by atoms with van der Waals surface area (Å²) in [5.74, 6) is -0.495. The van der Waals surface area contributed by atoms with Crippen LogP contribution in [-0.4, -0.2) is 36.1 Å². The SMILES string of the molecule is NC(=O)N1C2=CCC=C3C(=O)NN=CC(=C1C1=CCNCC1)C32. The molecule has 3 heterocycles. The molecule has 0 saturated carbocycles. The van der Waals surface area contributed by atoms with Gasteiger partial charge in [-0.3, -0.25) is 9.69 Å². The molecule has 7 nitrogen and oxygen atoms in total. The van der Waals surface area contributed by atoms with Gasteiger partial charge in [0, 0.05) is 23.4 Å². The maximum Gasteiger partial charge on any atom is 0.323 e. The second-order valence-corrected chi connectivity index (χ2v) is 5.82. The van der Waals surface area contributed by atoms with E-state index in [0.717, 1.165) is 42.1 Å². The van der Waals surface area contributed by atoms with Gasteiger partial charge in [-0.05, 0) is 25.0 Å². The molecule has 3 aliphatic heterocycles. The maximum atomic E-state index is 12.2. The largest absolute Gasteiger partial charge is 0.351 e. The molecule has 1 aliphatic carbocycles. The number of hydrogen-bond acceptors (Lipinski definition) is 4. The lowest BCUT2D eigenvalue weighted by Crippen LogP contribution is -2.36. The zero-order chi connectivity index (χ0) is 16.0. The van der Waals surface area contributed by atoms with Crippen molar-refractivity contribution in [1.82, 2.24) is 15.6 Å². The number of allylic oxidation sites excluding steroid dienone is 4. The van der Waals surface area contributed by atoms with Crippen molar-refractivity contribution in [3.05, 3.63) is 46.3 Å². The first-order chi connectivity index (χ1) is 11.2. The second kappa shape index (κ2) is 5.20. The van der Waals surface area contributed by atoms with Crippen LogP contribution in [0.2, 0.25) is 0 Å². The molecule has 0 spiro atoms. The third kappa shape index (κ3) is 2.04. The van der Waals surface area contributed by atoms with Crippen molar-refractivity contribution in [2.45, 2.75) is 12.8 Å². The van der Waals surface area contributed by atoms with Crippen LogP contribution < -0.4 is 16.5 Å². The van der Waals surface area contributed by atoms with Crippen LogP contribution >= 0.6 is 0 Å². The van der Waals surface area contributed by atoms with Crippen molar-refractivity contribution in [2.24, 2.45) is 16.8 Å². The van der Waals surface area contributed by atoms with E-state index in [1.807, 2.05) is 12.2 Å². The molecule has 0 bridgehead atoms. The molecule has 3 amide bonds. The fraction of sp³-hybridized carbons (Fsp3) is 0.312. The van der Waals surface area contributed by atoms with Crippen LogP contribution in [0.25, 0.3) is 0 Å². The molecule has 7 heteroatoms. The number of nitrogens with zero attached hydrogens (tertiary/aromatic N) is 2. The summed E-state index contributed by atoms with van der Waals surface area (Å²) in [5, 5.41) is 7.28. The first kappa shape index (κ1) is 14.0. The Hall–Kier alpha value is -2.67. The zero-order valence-corrected chi connectivity index (χ0v) is 12.5. The summed E-state index contributed by atoms with van der Waals surface area (Å²) in [6.07, 6.45) is 8.95. The normalized spacial score (nSPS) is 26.1. The first-order valence-electron chi connectivity index (χ1n) is 7.66. The Balaban J connectivity index is 1.94. The zero-order valence-electron chi connectivity index (χ0n) is 12.5. The molecule has 1 unspecified atom stereocenters. The van der Waals surface area contributed by atoms with Gasteiger partial charge in [0.1, 0.15) is 0 Å². The molecule has 0 radical (unpaired) electrons. The highest BCUT2D eigenvalue weighted by molar-refractivity contribution is 6.02. The average Bonchev–Trinajstić information content (AvgIpc) is 2.80. The van der Waals surface area contributed by atoms with Gasteiger partial charge in [0.25, 0.3) is 5.91 Å². The number of primary amides is 1. The van der Waals surface area contributed by atoms with Gasteiger partial charge in [0.05, 0.1) is 17.8 Å². The van der Waals surface area contributed by atoms with Crippen LogP contribution in [0.4, 0.5) is 4.79 Å². The van der Waals surface area contributed by atoms with Gasteiger partial charge < -0.3 is 11.1 Å². The monoisotopic (exact) mass is 311 g/mol. The Labute approximate surface area is 133 Å². The smallest absolute Gasteiger partial charge is 0.323 e. The molecule has 4 N–H and O–H groups in total. The lowest BCUT2D eigenvalue weighted by Gasteiger charge is -2.26. The van der Waals surface area contributed by atoms with E-state index in [-0.39, 0.29) is 11.8 Å². The third-order valence-corrected chi connectivity index (χ3v) is 4.56. The average molecular weight is 311 g/mol. The van der Waals surface area contributed by atoms with E-state index < -0.39 is 6.03 Å². The van der Waals surface area contributed by atoms with Gasteiger partial charge in [-0.25, -0.2) is 10.2 Å². The van der Waals surface area contributed by atoms with E-state index >= 15 is 0 Å². The molecule has 0 aromatic heterocycles. The molecular weight excluding hydrogens is 294 g/mol. The van der Waals surface area contributed by atoms with Crippen LogP contribution in [0.3, 0.4) is 0 Å². The van der Waals surface area contributed by atoms with Crippen molar-refractivity contribution < 1.29 is 9.59 Å². The maximum absolute atomic E-state index is 12.2. The summed E-state index contributed by atoms with van der Waals surface area (Å²) < 4.78 is 0. The van der Waals surface area contributed by atoms with Gasteiger partial charge in [-0.15, -0.1) is 0 Å². The van der Waals surface area contributed by atoms with Gasteiger partial charge >= 0.3 is 6.03 Å². The Morgan fingerprint density at radius 1 is 1.35 bits per heavy atom. The van der Waals surface area contributed by atoms with Crippen molar-refractivity contribution in [2.75, 3.05) is 13.1 Å². The number of nitrogens with one attached hydrogen (secondary N) is 2. The Morgan fingerprint density at radius 2 is 2.22 bits per heavy atom. The van der Waals surface area contributed by atoms with Crippen LogP contribution in [0.5, 0.6) is 0 Å². The number of carbonyl (C=O) groups excluding carboxylic acids is 2. The highest BCUT2D eigenvalue weighted by atomic mass is 16.2. The summed E-state index contributed by atoms with van der Waals surface area (Å²) in [7, 11) is 0. The fourth-order valence-corrected chi connectivity index (χ4v) is 3.63. The van der Waals surface area contributed by atoms with Gasteiger partial charge in [-0.1, -0.05) is 18.2 Å².